The van der Waals surface area contributed by atoms with E-state index in [4.69, 9.17) is 11.6 Å². The molecule has 1 aromatic carbocycles. The second-order valence-corrected chi connectivity index (χ2v) is 3.04. The van der Waals surface area contributed by atoms with Gasteiger partial charge in [-0.25, -0.2) is 4.39 Å². The molecule has 0 aliphatic heterocycles. The molecule has 0 heterocycles. The van der Waals surface area contributed by atoms with Crippen molar-refractivity contribution >= 4 is 58.1 Å². The summed E-state index contributed by atoms with van der Waals surface area (Å²) in [7, 11) is 0. The largest absolute Gasteiger partial charge is 0.755 e. The first-order valence-electron chi connectivity index (χ1n) is 2.90. The molecule has 0 saturated carbocycles. The molecule has 0 amide bonds. The Bertz CT molecular complexity index is 326. The molecule has 0 saturated heterocycles. The third kappa shape index (κ3) is 4.39. The zero-order valence-corrected chi connectivity index (χ0v) is 10.3. The van der Waals surface area contributed by atoms with E-state index >= 15 is 0 Å². The number of rotatable bonds is 2. The third-order valence-corrected chi connectivity index (χ3v) is 1.82. The molecule has 1 radical (unpaired) electrons. The van der Waals surface area contributed by atoms with Gasteiger partial charge < -0.3 is 9.27 Å². The second-order valence-electron chi connectivity index (χ2n) is 1.96. The zero-order chi connectivity index (χ0) is 9.14. The summed E-state index contributed by atoms with van der Waals surface area (Å²) in [6.07, 6.45) is 0. The fourth-order valence-electron chi connectivity index (χ4n) is 0.662. The van der Waals surface area contributed by atoms with Gasteiger partial charge in [-0.3, -0.25) is 4.21 Å². The summed E-state index contributed by atoms with van der Waals surface area (Å²) in [5.74, 6) is -0.512. The number of nitrogens with one attached hydrogen (secondary N) is 1. The average Bonchev–Trinajstić information content (AvgIpc) is 1.94. The van der Waals surface area contributed by atoms with Gasteiger partial charge in [-0.1, -0.05) is 11.6 Å². The zero-order valence-electron chi connectivity index (χ0n) is 6.71. The van der Waals surface area contributed by atoms with Crippen molar-refractivity contribution in [1.29, 1.82) is 0 Å². The minimum atomic E-state index is -2.44. The molecule has 0 aromatic heterocycles. The van der Waals surface area contributed by atoms with Crippen molar-refractivity contribution in [2.45, 2.75) is 0 Å². The number of anilines is 1. The van der Waals surface area contributed by atoms with Crippen LogP contribution in [-0.4, -0.2) is 38.3 Å². The fourth-order valence-corrected chi connectivity index (χ4v) is 1.29. The van der Waals surface area contributed by atoms with Crippen molar-refractivity contribution in [3.05, 3.63) is 29.0 Å². The summed E-state index contributed by atoms with van der Waals surface area (Å²) in [5, 5.41) is 0.0270. The van der Waals surface area contributed by atoms with Crippen LogP contribution in [0.1, 0.15) is 0 Å². The Labute approximate surface area is 104 Å². The summed E-state index contributed by atoms with van der Waals surface area (Å²) >= 11 is 3.06. The van der Waals surface area contributed by atoms with Crippen LogP contribution in [0.15, 0.2) is 18.2 Å². The monoisotopic (exact) mass is 231 g/mol. The standard InChI is InChI=1S/C6H5ClFNO2S.Na/c7-5-3-4(8)1-2-6(5)9-12(10)11;/h1-3,9H,(H,10,11);/p-1. The van der Waals surface area contributed by atoms with Crippen LogP contribution in [0, 0.1) is 5.82 Å². The van der Waals surface area contributed by atoms with Gasteiger partial charge in [-0.2, -0.15) is 0 Å². The third-order valence-electron chi connectivity index (χ3n) is 1.12. The number of hydrogen-bond acceptors (Lipinski definition) is 2. The Morgan fingerprint density at radius 3 is 2.62 bits per heavy atom. The van der Waals surface area contributed by atoms with Crippen molar-refractivity contribution in [2.75, 3.05) is 4.72 Å². The first-order valence-corrected chi connectivity index (χ1v) is 4.36. The molecule has 1 aromatic rings. The molecular weight excluding hydrogens is 228 g/mol. The Morgan fingerprint density at radius 2 is 2.15 bits per heavy atom. The maximum atomic E-state index is 12.4. The molecule has 1 atom stereocenters. The van der Waals surface area contributed by atoms with E-state index in [1.165, 1.54) is 6.07 Å². The molecule has 13 heavy (non-hydrogen) atoms. The number of halogens is 2. The van der Waals surface area contributed by atoms with Gasteiger partial charge in [-0.15, -0.1) is 0 Å². The fraction of sp³-hybridized carbons (Fsp3) is 0. The first kappa shape index (κ1) is 13.4. The van der Waals surface area contributed by atoms with Crippen LogP contribution in [0.3, 0.4) is 0 Å². The van der Waals surface area contributed by atoms with E-state index in [0.717, 1.165) is 12.1 Å². The van der Waals surface area contributed by atoms with Gasteiger partial charge in [0.2, 0.25) is 0 Å². The first-order chi connectivity index (χ1) is 5.59. The molecule has 7 heteroatoms. The van der Waals surface area contributed by atoms with E-state index in [2.05, 4.69) is 0 Å². The Hall–Kier alpha value is 0.350. The molecule has 3 nitrogen and oxygen atoms in total. The normalized spacial score (nSPS) is 11.6. The number of benzene rings is 1. The Morgan fingerprint density at radius 1 is 1.54 bits per heavy atom. The van der Waals surface area contributed by atoms with Crippen molar-refractivity contribution in [2.24, 2.45) is 0 Å². The van der Waals surface area contributed by atoms with E-state index in [0.29, 0.717) is 0 Å². The van der Waals surface area contributed by atoms with Crippen LogP contribution in [0.2, 0.25) is 5.02 Å². The van der Waals surface area contributed by atoms with Crippen LogP contribution >= 0.6 is 11.6 Å². The van der Waals surface area contributed by atoms with Gasteiger partial charge in [0, 0.05) is 40.8 Å². The summed E-state index contributed by atoms with van der Waals surface area (Å²) in [6.45, 7) is 0. The van der Waals surface area contributed by atoms with E-state index in [1.807, 2.05) is 4.72 Å². The smallest absolute Gasteiger partial charge is 0.124 e. The summed E-state index contributed by atoms with van der Waals surface area (Å²) in [6, 6.07) is 3.38. The van der Waals surface area contributed by atoms with E-state index in [1.54, 1.807) is 0 Å². The van der Waals surface area contributed by atoms with Crippen LogP contribution in [0.25, 0.3) is 0 Å². The summed E-state index contributed by atoms with van der Waals surface area (Å²) < 4.78 is 34.7. The number of hydrogen-bond donors (Lipinski definition) is 1. The molecule has 67 valence electrons. The van der Waals surface area contributed by atoms with Crippen LogP contribution < -0.4 is 4.72 Å². The second kappa shape index (κ2) is 5.95. The van der Waals surface area contributed by atoms with Gasteiger partial charge in [0.05, 0.1) is 10.7 Å². The SMILES string of the molecule is O=S([O-])Nc1ccc(F)cc1Cl.[Na]. The molecule has 0 bridgehead atoms. The topological polar surface area (TPSA) is 52.2 Å². The minimum Gasteiger partial charge on any atom is -0.755 e. The predicted octanol–water partition coefficient (Wildman–Crippen LogP) is 1.30. The van der Waals surface area contributed by atoms with E-state index in [9.17, 15) is 13.2 Å². The maximum absolute atomic E-state index is 12.4. The van der Waals surface area contributed by atoms with Gasteiger partial charge in [0.25, 0.3) is 0 Å². The molecule has 0 spiro atoms. The molecular formula is C6H4ClFNNaO2S-. The molecule has 1 N–H and O–H groups in total. The van der Waals surface area contributed by atoms with Crippen molar-refractivity contribution in [1.82, 2.24) is 0 Å². The Kier molecular flexibility index (Phi) is 6.11. The minimum absolute atomic E-state index is 0. The van der Waals surface area contributed by atoms with Crippen LogP contribution in [0.4, 0.5) is 10.1 Å². The Balaban J connectivity index is 0.00000144. The van der Waals surface area contributed by atoms with Gasteiger partial charge in [-0.05, 0) is 18.2 Å². The molecule has 0 aliphatic carbocycles. The van der Waals surface area contributed by atoms with Crippen LogP contribution in [0.5, 0.6) is 0 Å². The molecule has 1 unspecified atom stereocenters. The van der Waals surface area contributed by atoms with E-state index < -0.39 is 17.1 Å². The average molecular weight is 232 g/mol. The van der Waals surface area contributed by atoms with Gasteiger partial charge >= 0.3 is 0 Å². The molecule has 1 rings (SSSR count). The van der Waals surface area contributed by atoms with Gasteiger partial charge in [0.1, 0.15) is 5.82 Å². The molecule has 0 aliphatic rings. The predicted molar refractivity (Wildman–Crippen MR) is 49.7 cm³/mol. The van der Waals surface area contributed by atoms with E-state index in [-0.39, 0.29) is 40.3 Å². The van der Waals surface area contributed by atoms with Gasteiger partial charge in [0.15, 0.2) is 0 Å². The maximum Gasteiger partial charge on any atom is 0.124 e. The van der Waals surface area contributed by atoms with Crippen molar-refractivity contribution in [3.8, 4) is 0 Å². The summed E-state index contributed by atoms with van der Waals surface area (Å²) in [5.41, 5.74) is 0.159. The quantitative estimate of drug-likeness (QED) is 0.616. The summed E-state index contributed by atoms with van der Waals surface area (Å²) in [4.78, 5) is 0. The van der Waals surface area contributed by atoms with Crippen LogP contribution in [-0.2, 0) is 11.3 Å². The van der Waals surface area contributed by atoms with Crippen molar-refractivity contribution in [3.63, 3.8) is 0 Å². The molecule has 0 fully saturated rings. The van der Waals surface area contributed by atoms with Crippen molar-refractivity contribution < 1.29 is 13.2 Å².